The van der Waals surface area contributed by atoms with Crippen molar-refractivity contribution in [3.05, 3.63) is 31.8 Å². The lowest BCUT2D eigenvalue weighted by Crippen LogP contribution is -1.83. The zero-order valence-corrected chi connectivity index (χ0v) is 8.89. The molecule has 0 saturated heterocycles. The Morgan fingerprint density at radius 2 is 2.20 bits per heavy atom. The van der Waals surface area contributed by atoms with E-state index >= 15 is 0 Å². The summed E-state index contributed by atoms with van der Waals surface area (Å²) in [4.78, 5) is 0. The van der Waals surface area contributed by atoms with E-state index in [-0.39, 0.29) is 6.61 Å². The van der Waals surface area contributed by atoms with E-state index < -0.39 is 0 Å². The van der Waals surface area contributed by atoms with Crippen molar-refractivity contribution in [1.29, 1.82) is 0 Å². The third-order valence-electron chi connectivity index (χ3n) is 1.17. The smallest absolute Gasteiger partial charge is 0.0682 e. The first-order valence-corrected chi connectivity index (χ1v) is 4.66. The highest BCUT2D eigenvalue weighted by atomic mass is 127. The van der Waals surface area contributed by atoms with E-state index in [9.17, 15) is 0 Å². The lowest BCUT2D eigenvalue weighted by molar-refractivity contribution is 0.282. The summed E-state index contributed by atoms with van der Waals surface area (Å²) in [5, 5.41) is 8.73. The SMILES string of the molecule is OCc1ccc(Br)c(I)c1. The van der Waals surface area contributed by atoms with Gasteiger partial charge in [-0.05, 0) is 56.2 Å². The molecule has 1 nitrogen and oxygen atoms in total. The lowest BCUT2D eigenvalue weighted by Gasteiger charge is -1.97. The van der Waals surface area contributed by atoms with Crippen molar-refractivity contribution in [2.24, 2.45) is 0 Å². The van der Waals surface area contributed by atoms with Crippen LogP contribution in [0.1, 0.15) is 5.56 Å². The van der Waals surface area contributed by atoms with Gasteiger partial charge in [-0.1, -0.05) is 6.07 Å². The monoisotopic (exact) mass is 312 g/mol. The molecule has 0 heterocycles. The predicted octanol–water partition coefficient (Wildman–Crippen LogP) is 2.55. The molecule has 1 aromatic carbocycles. The quantitative estimate of drug-likeness (QED) is 0.790. The van der Waals surface area contributed by atoms with Crippen LogP contribution in [0.15, 0.2) is 22.7 Å². The van der Waals surface area contributed by atoms with Crippen LogP contribution in [0.4, 0.5) is 0 Å². The van der Waals surface area contributed by atoms with Gasteiger partial charge < -0.3 is 5.11 Å². The minimum Gasteiger partial charge on any atom is -0.392 e. The van der Waals surface area contributed by atoms with E-state index in [4.69, 9.17) is 5.11 Å². The molecule has 54 valence electrons. The van der Waals surface area contributed by atoms with Gasteiger partial charge in [-0.2, -0.15) is 0 Å². The van der Waals surface area contributed by atoms with E-state index in [2.05, 4.69) is 38.5 Å². The van der Waals surface area contributed by atoms with E-state index in [0.717, 1.165) is 13.6 Å². The first-order chi connectivity index (χ1) is 4.74. The molecule has 1 aromatic rings. The average molecular weight is 313 g/mol. The largest absolute Gasteiger partial charge is 0.392 e. The molecule has 0 aliphatic heterocycles. The molecule has 1 N–H and O–H groups in total. The highest BCUT2D eigenvalue weighted by molar-refractivity contribution is 14.1. The Balaban J connectivity index is 3.04. The van der Waals surface area contributed by atoms with Crippen molar-refractivity contribution >= 4 is 38.5 Å². The average Bonchev–Trinajstić information content (AvgIpc) is 1.95. The maximum Gasteiger partial charge on any atom is 0.0682 e. The standard InChI is InChI=1S/C7H6BrIO/c8-6-2-1-5(4-10)3-7(6)9/h1-3,10H,4H2. The number of benzene rings is 1. The van der Waals surface area contributed by atoms with E-state index in [1.54, 1.807) is 0 Å². The van der Waals surface area contributed by atoms with Crippen LogP contribution in [0, 0.1) is 3.57 Å². The molecule has 0 fully saturated rings. The number of hydrogen-bond acceptors (Lipinski definition) is 1. The van der Waals surface area contributed by atoms with Crippen LogP contribution in [0.5, 0.6) is 0 Å². The van der Waals surface area contributed by atoms with Gasteiger partial charge in [-0.3, -0.25) is 0 Å². The van der Waals surface area contributed by atoms with Crippen LogP contribution in [0.2, 0.25) is 0 Å². The maximum atomic E-state index is 8.73. The van der Waals surface area contributed by atoms with Crippen molar-refractivity contribution in [1.82, 2.24) is 0 Å². The highest BCUT2D eigenvalue weighted by Gasteiger charge is 1.95. The van der Waals surface area contributed by atoms with Crippen molar-refractivity contribution < 1.29 is 5.11 Å². The summed E-state index contributed by atoms with van der Waals surface area (Å²) in [7, 11) is 0. The Labute approximate surface area is 81.7 Å². The second-order valence-corrected chi connectivity index (χ2v) is 3.92. The second-order valence-electron chi connectivity index (χ2n) is 1.91. The molecular formula is C7H6BrIO. The van der Waals surface area contributed by atoms with Gasteiger partial charge in [0.05, 0.1) is 6.61 Å². The summed E-state index contributed by atoms with van der Waals surface area (Å²) in [5.74, 6) is 0. The normalized spacial score (nSPS) is 9.90. The van der Waals surface area contributed by atoms with Crippen LogP contribution >= 0.6 is 38.5 Å². The third kappa shape index (κ3) is 1.93. The molecule has 0 bridgehead atoms. The van der Waals surface area contributed by atoms with Crippen LogP contribution in [-0.2, 0) is 6.61 Å². The van der Waals surface area contributed by atoms with Crippen molar-refractivity contribution in [3.8, 4) is 0 Å². The molecule has 0 atom stereocenters. The van der Waals surface area contributed by atoms with Gasteiger partial charge in [0, 0.05) is 8.04 Å². The molecule has 0 aliphatic carbocycles. The molecule has 0 amide bonds. The number of rotatable bonds is 1. The molecule has 0 unspecified atom stereocenters. The molecule has 0 saturated carbocycles. The van der Waals surface area contributed by atoms with Gasteiger partial charge in [0.25, 0.3) is 0 Å². The van der Waals surface area contributed by atoms with Gasteiger partial charge in [-0.25, -0.2) is 0 Å². The Hall–Kier alpha value is 0.390. The molecule has 0 aliphatic rings. The molecule has 1 rings (SSSR count). The van der Waals surface area contributed by atoms with E-state index in [1.807, 2.05) is 18.2 Å². The van der Waals surface area contributed by atoms with Crippen LogP contribution in [0.3, 0.4) is 0 Å². The topological polar surface area (TPSA) is 20.2 Å². The predicted molar refractivity (Wildman–Crippen MR) is 52.8 cm³/mol. The molecule has 0 radical (unpaired) electrons. The van der Waals surface area contributed by atoms with Gasteiger partial charge in [0.15, 0.2) is 0 Å². The minimum atomic E-state index is 0.114. The molecule has 0 aromatic heterocycles. The Morgan fingerprint density at radius 3 is 2.70 bits per heavy atom. The van der Waals surface area contributed by atoms with E-state index in [0.29, 0.717) is 0 Å². The zero-order valence-electron chi connectivity index (χ0n) is 5.14. The van der Waals surface area contributed by atoms with Crippen molar-refractivity contribution in [2.75, 3.05) is 0 Å². The fraction of sp³-hybridized carbons (Fsp3) is 0.143. The lowest BCUT2D eigenvalue weighted by atomic mass is 10.2. The highest BCUT2D eigenvalue weighted by Crippen LogP contribution is 2.19. The van der Waals surface area contributed by atoms with Gasteiger partial charge in [-0.15, -0.1) is 0 Å². The summed E-state index contributed by atoms with van der Waals surface area (Å²) in [6.45, 7) is 0.114. The number of aliphatic hydroxyl groups excluding tert-OH is 1. The Morgan fingerprint density at radius 1 is 1.50 bits per heavy atom. The van der Waals surface area contributed by atoms with Gasteiger partial charge in [0.1, 0.15) is 0 Å². The van der Waals surface area contributed by atoms with Gasteiger partial charge in [0.2, 0.25) is 0 Å². The fourth-order valence-corrected chi connectivity index (χ4v) is 1.46. The second kappa shape index (κ2) is 3.69. The summed E-state index contributed by atoms with van der Waals surface area (Å²) >= 11 is 5.58. The summed E-state index contributed by atoms with van der Waals surface area (Å²) in [6, 6.07) is 5.78. The first-order valence-electron chi connectivity index (χ1n) is 2.79. The summed E-state index contributed by atoms with van der Waals surface area (Å²) < 4.78 is 2.20. The van der Waals surface area contributed by atoms with Crippen molar-refractivity contribution in [2.45, 2.75) is 6.61 Å². The van der Waals surface area contributed by atoms with Crippen LogP contribution in [0.25, 0.3) is 0 Å². The Bertz CT molecular complexity index is 237. The molecular weight excluding hydrogens is 307 g/mol. The molecule has 3 heteroatoms. The maximum absolute atomic E-state index is 8.73. The number of halogens is 2. The Kier molecular flexibility index (Phi) is 3.13. The third-order valence-corrected chi connectivity index (χ3v) is 3.49. The van der Waals surface area contributed by atoms with Crippen LogP contribution < -0.4 is 0 Å². The fourth-order valence-electron chi connectivity index (χ4n) is 0.638. The minimum absolute atomic E-state index is 0.114. The van der Waals surface area contributed by atoms with Crippen molar-refractivity contribution in [3.63, 3.8) is 0 Å². The number of hydrogen-bond donors (Lipinski definition) is 1. The number of aliphatic hydroxyl groups is 1. The molecule has 10 heavy (non-hydrogen) atoms. The zero-order chi connectivity index (χ0) is 7.56. The van der Waals surface area contributed by atoms with Gasteiger partial charge >= 0.3 is 0 Å². The van der Waals surface area contributed by atoms with Crippen LogP contribution in [-0.4, -0.2) is 5.11 Å². The van der Waals surface area contributed by atoms with E-state index in [1.165, 1.54) is 0 Å². The first kappa shape index (κ1) is 8.49. The molecule has 0 spiro atoms. The summed E-state index contributed by atoms with van der Waals surface area (Å²) in [5.41, 5.74) is 0.951. The summed E-state index contributed by atoms with van der Waals surface area (Å²) in [6.07, 6.45) is 0.